The van der Waals surface area contributed by atoms with E-state index in [-0.39, 0.29) is 17.4 Å². The number of hydrogen-bond acceptors (Lipinski definition) is 3. The summed E-state index contributed by atoms with van der Waals surface area (Å²) in [5.74, 6) is 0.226. The SMILES string of the molecule is CCN(C(=O)C1(CN)CCCC1)C(C)COC. The largest absolute Gasteiger partial charge is 0.383 e. The molecule has 2 N–H and O–H groups in total. The number of methoxy groups -OCH3 is 1. The van der Waals surface area contributed by atoms with Gasteiger partial charge in [-0.05, 0) is 26.7 Å². The third-order valence-electron chi connectivity index (χ3n) is 3.95. The maximum Gasteiger partial charge on any atom is 0.230 e. The first-order chi connectivity index (χ1) is 8.11. The van der Waals surface area contributed by atoms with Gasteiger partial charge in [0.1, 0.15) is 0 Å². The Bertz CT molecular complexity index is 250. The molecule has 1 amide bonds. The van der Waals surface area contributed by atoms with Gasteiger partial charge in [-0.1, -0.05) is 12.8 Å². The molecule has 0 radical (unpaired) electrons. The van der Waals surface area contributed by atoms with E-state index >= 15 is 0 Å². The standard InChI is InChI=1S/C13H26N2O2/c1-4-15(11(2)9-17-3)12(16)13(10-14)7-5-6-8-13/h11H,4-10,14H2,1-3H3. The van der Waals surface area contributed by atoms with Crippen LogP contribution in [0.3, 0.4) is 0 Å². The first-order valence-corrected chi connectivity index (χ1v) is 6.61. The summed E-state index contributed by atoms with van der Waals surface area (Å²) < 4.78 is 5.14. The number of amides is 1. The van der Waals surface area contributed by atoms with Gasteiger partial charge in [0, 0.05) is 20.2 Å². The maximum absolute atomic E-state index is 12.6. The monoisotopic (exact) mass is 242 g/mol. The highest BCUT2D eigenvalue weighted by molar-refractivity contribution is 5.83. The Morgan fingerprint density at radius 2 is 2.06 bits per heavy atom. The summed E-state index contributed by atoms with van der Waals surface area (Å²) in [6, 6.07) is 0.126. The molecule has 0 aromatic rings. The molecule has 1 atom stereocenters. The van der Waals surface area contributed by atoms with Crippen LogP contribution >= 0.6 is 0 Å². The van der Waals surface area contributed by atoms with Crippen LogP contribution in [0.4, 0.5) is 0 Å². The maximum atomic E-state index is 12.6. The van der Waals surface area contributed by atoms with Gasteiger partial charge in [-0.2, -0.15) is 0 Å². The van der Waals surface area contributed by atoms with Gasteiger partial charge < -0.3 is 15.4 Å². The highest BCUT2D eigenvalue weighted by Gasteiger charge is 2.42. The summed E-state index contributed by atoms with van der Waals surface area (Å²) in [4.78, 5) is 14.6. The average molecular weight is 242 g/mol. The molecular formula is C13H26N2O2. The Kier molecular flexibility index (Phi) is 5.40. The second-order valence-electron chi connectivity index (χ2n) is 5.09. The van der Waals surface area contributed by atoms with Crippen molar-refractivity contribution in [2.75, 3.05) is 26.8 Å². The van der Waals surface area contributed by atoms with Gasteiger partial charge in [0.05, 0.1) is 18.1 Å². The summed E-state index contributed by atoms with van der Waals surface area (Å²) in [7, 11) is 1.67. The van der Waals surface area contributed by atoms with Crippen LogP contribution in [-0.4, -0.2) is 43.7 Å². The smallest absolute Gasteiger partial charge is 0.230 e. The van der Waals surface area contributed by atoms with Gasteiger partial charge >= 0.3 is 0 Å². The van der Waals surface area contributed by atoms with Crippen LogP contribution in [0.5, 0.6) is 0 Å². The molecule has 0 saturated heterocycles. The molecule has 0 bridgehead atoms. The number of carbonyl (C=O) groups is 1. The summed E-state index contributed by atoms with van der Waals surface area (Å²) in [5, 5.41) is 0. The number of ether oxygens (including phenoxy) is 1. The van der Waals surface area contributed by atoms with Crippen LogP contribution in [0.2, 0.25) is 0 Å². The third kappa shape index (κ3) is 2.99. The lowest BCUT2D eigenvalue weighted by atomic mass is 9.84. The van der Waals surface area contributed by atoms with E-state index in [1.165, 1.54) is 0 Å². The Morgan fingerprint density at radius 3 is 2.47 bits per heavy atom. The van der Waals surface area contributed by atoms with E-state index in [0.717, 1.165) is 32.2 Å². The van der Waals surface area contributed by atoms with Crippen LogP contribution in [0.25, 0.3) is 0 Å². The lowest BCUT2D eigenvalue weighted by molar-refractivity contribution is -0.144. The van der Waals surface area contributed by atoms with Crippen LogP contribution in [0.1, 0.15) is 39.5 Å². The minimum atomic E-state index is -0.294. The van der Waals surface area contributed by atoms with E-state index in [9.17, 15) is 4.79 Å². The molecule has 1 aliphatic carbocycles. The highest BCUT2D eigenvalue weighted by Crippen LogP contribution is 2.39. The molecule has 1 rings (SSSR count). The molecule has 17 heavy (non-hydrogen) atoms. The fourth-order valence-corrected chi connectivity index (χ4v) is 2.85. The van der Waals surface area contributed by atoms with E-state index in [1.807, 2.05) is 18.7 Å². The van der Waals surface area contributed by atoms with Crippen molar-refractivity contribution in [2.45, 2.75) is 45.6 Å². The van der Waals surface area contributed by atoms with Gasteiger partial charge in [0.15, 0.2) is 0 Å². The molecule has 1 saturated carbocycles. The first kappa shape index (κ1) is 14.5. The number of likely N-dealkylation sites (N-methyl/N-ethyl adjacent to an activating group) is 1. The van der Waals surface area contributed by atoms with Crippen molar-refractivity contribution in [1.82, 2.24) is 4.90 Å². The van der Waals surface area contributed by atoms with E-state index in [1.54, 1.807) is 7.11 Å². The van der Waals surface area contributed by atoms with Crippen molar-refractivity contribution in [1.29, 1.82) is 0 Å². The van der Waals surface area contributed by atoms with Crippen molar-refractivity contribution in [2.24, 2.45) is 11.1 Å². The molecule has 0 aliphatic heterocycles. The molecular weight excluding hydrogens is 216 g/mol. The van der Waals surface area contributed by atoms with Crippen LogP contribution in [-0.2, 0) is 9.53 Å². The molecule has 4 nitrogen and oxygen atoms in total. The number of nitrogens with two attached hydrogens (primary N) is 1. The summed E-state index contributed by atoms with van der Waals surface area (Å²) in [5.41, 5.74) is 5.56. The van der Waals surface area contributed by atoms with Gasteiger partial charge in [-0.15, -0.1) is 0 Å². The van der Waals surface area contributed by atoms with E-state index in [4.69, 9.17) is 10.5 Å². The van der Waals surface area contributed by atoms with Crippen molar-refractivity contribution in [3.63, 3.8) is 0 Å². The molecule has 1 aliphatic rings. The number of carbonyl (C=O) groups excluding carboxylic acids is 1. The highest BCUT2D eigenvalue weighted by atomic mass is 16.5. The quantitative estimate of drug-likeness (QED) is 0.765. The molecule has 0 spiro atoms. The lowest BCUT2D eigenvalue weighted by Crippen LogP contribution is -2.51. The van der Waals surface area contributed by atoms with Crippen molar-refractivity contribution < 1.29 is 9.53 Å². The zero-order valence-corrected chi connectivity index (χ0v) is 11.4. The first-order valence-electron chi connectivity index (χ1n) is 6.61. The predicted molar refractivity (Wildman–Crippen MR) is 68.7 cm³/mol. The minimum Gasteiger partial charge on any atom is -0.383 e. The third-order valence-corrected chi connectivity index (χ3v) is 3.95. The molecule has 0 heterocycles. The Morgan fingerprint density at radius 1 is 1.47 bits per heavy atom. The molecule has 100 valence electrons. The average Bonchev–Trinajstić information content (AvgIpc) is 2.80. The fourth-order valence-electron chi connectivity index (χ4n) is 2.85. The Labute approximate surface area is 104 Å². The number of rotatable bonds is 6. The Balaban J connectivity index is 2.77. The van der Waals surface area contributed by atoms with Crippen molar-refractivity contribution in [3.05, 3.63) is 0 Å². The molecule has 1 fully saturated rings. The van der Waals surface area contributed by atoms with Gasteiger partial charge in [0.2, 0.25) is 5.91 Å². The number of hydrogen-bond donors (Lipinski definition) is 1. The normalized spacial score (nSPS) is 20.2. The van der Waals surface area contributed by atoms with Crippen molar-refractivity contribution in [3.8, 4) is 0 Å². The van der Waals surface area contributed by atoms with Crippen molar-refractivity contribution >= 4 is 5.91 Å². The fraction of sp³-hybridized carbons (Fsp3) is 0.923. The van der Waals surface area contributed by atoms with Crippen LogP contribution < -0.4 is 5.73 Å². The van der Waals surface area contributed by atoms with Gasteiger partial charge in [-0.3, -0.25) is 4.79 Å². The number of nitrogens with zero attached hydrogens (tertiary/aromatic N) is 1. The predicted octanol–water partition coefficient (Wildman–Crippen LogP) is 1.39. The molecule has 4 heteroatoms. The van der Waals surface area contributed by atoms with Crippen LogP contribution in [0, 0.1) is 5.41 Å². The van der Waals surface area contributed by atoms with E-state index in [0.29, 0.717) is 13.2 Å². The van der Waals surface area contributed by atoms with Crippen LogP contribution in [0.15, 0.2) is 0 Å². The van der Waals surface area contributed by atoms with Gasteiger partial charge in [-0.25, -0.2) is 0 Å². The zero-order chi connectivity index (χ0) is 12.9. The Hall–Kier alpha value is -0.610. The zero-order valence-electron chi connectivity index (χ0n) is 11.4. The lowest BCUT2D eigenvalue weighted by Gasteiger charge is -2.36. The van der Waals surface area contributed by atoms with E-state index < -0.39 is 0 Å². The molecule has 0 aromatic carbocycles. The summed E-state index contributed by atoms with van der Waals surface area (Å²) in [6.45, 7) is 5.83. The summed E-state index contributed by atoms with van der Waals surface area (Å²) in [6.07, 6.45) is 4.13. The second-order valence-corrected chi connectivity index (χ2v) is 5.09. The molecule has 0 aromatic heterocycles. The molecule has 1 unspecified atom stereocenters. The summed E-state index contributed by atoms with van der Waals surface area (Å²) >= 11 is 0. The topological polar surface area (TPSA) is 55.6 Å². The minimum absolute atomic E-state index is 0.126. The van der Waals surface area contributed by atoms with E-state index in [2.05, 4.69) is 0 Å². The van der Waals surface area contributed by atoms with Gasteiger partial charge in [0.25, 0.3) is 0 Å². The second kappa shape index (κ2) is 6.36.